The van der Waals surface area contributed by atoms with Crippen LogP contribution in [0.4, 0.5) is 0 Å². The first-order valence-electron chi connectivity index (χ1n) is 18.0. The Balaban J connectivity index is 1.11. The van der Waals surface area contributed by atoms with Gasteiger partial charge in [0.15, 0.2) is 5.82 Å². The molecule has 0 bridgehead atoms. The second kappa shape index (κ2) is 12.4. The Labute approximate surface area is 305 Å². The lowest BCUT2D eigenvalue weighted by atomic mass is 9.96. The summed E-state index contributed by atoms with van der Waals surface area (Å²) >= 11 is 0. The van der Waals surface area contributed by atoms with Crippen LogP contribution in [0.3, 0.4) is 0 Å². The van der Waals surface area contributed by atoms with E-state index < -0.39 is 8.80 Å². The summed E-state index contributed by atoms with van der Waals surface area (Å²) in [7, 11) is -1.62. The van der Waals surface area contributed by atoms with E-state index in [0.29, 0.717) is 0 Å². The van der Waals surface area contributed by atoms with Crippen LogP contribution < -0.4 is 10.4 Å². The Morgan fingerprint density at radius 1 is 0.365 bits per heavy atom. The van der Waals surface area contributed by atoms with Crippen molar-refractivity contribution in [3.05, 3.63) is 182 Å². The van der Waals surface area contributed by atoms with Crippen molar-refractivity contribution in [2.75, 3.05) is 0 Å². The summed E-state index contributed by atoms with van der Waals surface area (Å²) in [6.45, 7) is 2.44. The summed E-state index contributed by atoms with van der Waals surface area (Å²) in [6, 6.07) is 65.7. The number of benzene rings is 8. The second-order valence-corrected chi connectivity index (χ2v) is 16.4. The summed E-state index contributed by atoms with van der Waals surface area (Å²) in [5.74, 6) is 0.777. The summed E-state index contributed by atoms with van der Waals surface area (Å²) < 4.78 is 0. The molecule has 1 aromatic heterocycles. The number of hydrogen-bond acceptors (Lipinski definition) is 2. The van der Waals surface area contributed by atoms with Gasteiger partial charge < -0.3 is 0 Å². The van der Waals surface area contributed by atoms with E-state index in [2.05, 4.69) is 189 Å². The molecule has 8 aromatic carbocycles. The predicted molar refractivity (Wildman–Crippen MR) is 222 cm³/mol. The van der Waals surface area contributed by atoms with E-state index in [1.54, 1.807) is 0 Å². The minimum Gasteiger partial charge on any atom is -0.228 e. The molecule has 0 N–H and O–H groups in total. The Morgan fingerprint density at radius 2 is 0.865 bits per heavy atom. The van der Waals surface area contributed by atoms with Crippen LogP contribution in [-0.4, -0.2) is 18.8 Å². The van der Waals surface area contributed by atoms with E-state index in [1.165, 1.54) is 70.9 Å². The van der Waals surface area contributed by atoms with Gasteiger partial charge in [0.25, 0.3) is 0 Å². The molecule has 0 amide bonds. The van der Waals surface area contributed by atoms with Crippen LogP contribution in [0.1, 0.15) is 0 Å². The summed E-state index contributed by atoms with van der Waals surface area (Å²) in [5.41, 5.74) is 12.8. The average Bonchev–Trinajstić information content (AvgIpc) is 3.49. The van der Waals surface area contributed by atoms with Gasteiger partial charge in [0, 0.05) is 16.7 Å². The zero-order chi connectivity index (χ0) is 34.6. The van der Waals surface area contributed by atoms with E-state index in [-0.39, 0.29) is 0 Å². The highest BCUT2D eigenvalue weighted by Gasteiger charge is 2.33. The van der Waals surface area contributed by atoms with Crippen molar-refractivity contribution in [1.29, 1.82) is 0 Å². The van der Waals surface area contributed by atoms with Crippen molar-refractivity contribution in [3.8, 4) is 67.3 Å². The molecule has 9 aromatic rings. The summed E-state index contributed by atoms with van der Waals surface area (Å²) in [5, 5.41) is 7.67. The number of rotatable bonds is 5. The molecule has 0 saturated carbocycles. The molecule has 0 radical (unpaired) electrons. The molecule has 1 aliphatic rings. The fraction of sp³-hybridized carbons (Fsp3) is 0.0204. The fourth-order valence-corrected chi connectivity index (χ4v) is 10.7. The van der Waals surface area contributed by atoms with E-state index in [0.717, 1.165) is 28.3 Å². The summed E-state index contributed by atoms with van der Waals surface area (Å²) in [4.78, 5) is 10.9. The Hall–Kier alpha value is -6.42. The van der Waals surface area contributed by atoms with Crippen molar-refractivity contribution < 1.29 is 0 Å². The number of hydrogen-bond donors (Lipinski definition) is 0. The molecule has 1 unspecified atom stereocenters. The van der Waals surface area contributed by atoms with Crippen LogP contribution in [0.2, 0.25) is 6.55 Å². The number of nitrogens with zero attached hydrogens (tertiary/aromatic N) is 2. The van der Waals surface area contributed by atoms with Gasteiger partial charge in [0.05, 0.1) is 11.4 Å². The zero-order valence-corrected chi connectivity index (χ0v) is 29.9. The first-order chi connectivity index (χ1) is 25.7. The average molecular weight is 679 g/mol. The standard InChI is InChI=1S/C49H34N2Si/c1-52-45-31-40-16-6-5-15-39(40)30-44(45)47-48(52)46(50-49(51-47)43-23-11-17-35-14-7-8-22-42(35)43)41-21-10-20-38(29-41)37-19-9-18-36(28-37)34-26-24-33(25-27-34)32-12-3-2-4-13-32/h2-31,52H,1H3. The third kappa shape index (κ3) is 5.17. The number of aromatic nitrogens is 2. The molecule has 0 saturated heterocycles. The topological polar surface area (TPSA) is 25.8 Å². The molecule has 0 spiro atoms. The Kier molecular flexibility index (Phi) is 7.26. The van der Waals surface area contributed by atoms with Gasteiger partial charge >= 0.3 is 0 Å². The minimum atomic E-state index is -1.62. The Bertz CT molecular complexity index is 2800. The molecule has 2 nitrogen and oxygen atoms in total. The molecular formula is C49H34N2Si. The van der Waals surface area contributed by atoms with Crippen molar-refractivity contribution in [1.82, 2.24) is 9.97 Å². The van der Waals surface area contributed by atoms with Gasteiger partial charge in [-0.15, -0.1) is 0 Å². The maximum atomic E-state index is 5.49. The van der Waals surface area contributed by atoms with Crippen molar-refractivity contribution in [2.45, 2.75) is 6.55 Å². The molecule has 244 valence electrons. The first kappa shape index (κ1) is 30.4. The molecule has 52 heavy (non-hydrogen) atoms. The molecule has 1 aliphatic heterocycles. The van der Waals surface area contributed by atoms with Gasteiger partial charge in [-0.3, -0.25) is 0 Å². The predicted octanol–water partition coefficient (Wildman–Crippen LogP) is 11.1. The highest BCUT2D eigenvalue weighted by atomic mass is 28.3. The van der Waals surface area contributed by atoms with Gasteiger partial charge in [-0.25, -0.2) is 9.97 Å². The molecule has 10 rings (SSSR count). The SMILES string of the molecule is C[SiH]1c2cc3ccccc3cc2-c2nc(-c3cccc4ccccc34)nc(-c3cccc(-c4cccc(-c5ccc(-c6ccccc6)cc5)c4)c3)c21. The van der Waals surface area contributed by atoms with E-state index >= 15 is 0 Å². The smallest absolute Gasteiger partial charge is 0.161 e. The molecular weight excluding hydrogens is 645 g/mol. The maximum absolute atomic E-state index is 5.49. The lowest BCUT2D eigenvalue weighted by Gasteiger charge is -2.15. The van der Waals surface area contributed by atoms with E-state index in [1.807, 2.05) is 0 Å². The van der Waals surface area contributed by atoms with Gasteiger partial charge in [-0.2, -0.15) is 0 Å². The van der Waals surface area contributed by atoms with Crippen LogP contribution in [0.15, 0.2) is 182 Å². The lowest BCUT2D eigenvalue weighted by molar-refractivity contribution is 1.21. The highest BCUT2D eigenvalue weighted by molar-refractivity contribution is 6.89. The quantitative estimate of drug-likeness (QED) is 0.169. The first-order valence-corrected chi connectivity index (χ1v) is 20.3. The lowest BCUT2D eigenvalue weighted by Crippen LogP contribution is -2.36. The Morgan fingerprint density at radius 3 is 1.62 bits per heavy atom. The molecule has 0 aliphatic carbocycles. The third-order valence-electron chi connectivity index (χ3n) is 10.7. The van der Waals surface area contributed by atoms with Crippen LogP contribution in [-0.2, 0) is 0 Å². The fourth-order valence-electron chi connectivity index (χ4n) is 8.03. The van der Waals surface area contributed by atoms with E-state index in [9.17, 15) is 0 Å². The number of fused-ring (bicyclic) bond motifs is 5. The van der Waals surface area contributed by atoms with Crippen LogP contribution in [0, 0.1) is 0 Å². The molecule has 2 heterocycles. The van der Waals surface area contributed by atoms with Gasteiger partial charge in [-0.05, 0) is 83.5 Å². The normalized spacial score (nSPS) is 13.3. The highest BCUT2D eigenvalue weighted by Crippen LogP contribution is 2.36. The molecule has 3 heteroatoms. The monoisotopic (exact) mass is 678 g/mol. The van der Waals surface area contributed by atoms with Crippen LogP contribution >= 0.6 is 0 Å². The molecule has 1 atom stereocenters. The van der Waals surface area contributed by atoms with Gasteiger partial charge in [0.2, 0.25) is 0 Å². The molecule has 0 fully saturated rings. The van der Waals surface area contributed by atoms with E-state index in [4.69, 9.17) is 9.97 Å². The van der Waals surface area contributed by atoms with Crippen LogP contribution in [0.5, 0.6) is 0 Å². The largest absolute Gasteiger partial charge is 0.228 e. The minimum absolute atomic E-state index is 0.777. The zero-order valence-electron chi connectivity index (χ0n) is 28.8. The third-order valence-corrected chi connectivity index (χ3v) is 13.5. The van der Waals surface area contributed by atoms with Crippen molar-refractivity contribution >= 4 is 40.7 Å². The van der Waals surface area contributed by atoms with Crippen molar-refractivity contribution in [3.63, 3.8) is 0 Å². The van der Waals surface area contributed by atoms with Crippen LogP contribution in [0.25, 0.3) is 88.8 Å². The maximum Gasteiger partial charge on any atom is 0.161 e. The van der Waals surface area contributed by atoms with Gasteiger partial charge in [0.1, 0.15) is 8.80 Å². The van der Waals surface area contributed by atoms with Crippen molar-refractivity contribution in [2.24, 2.45) is 0 Å². The van der Waals surface area contributed by atoms with Gasteiger partial charge in [-0.1, -0.05) is 170 Å². The second-order valence-electron chi connectivity index (χ2n) is 13.8. The summed E-state index contributed by atoms with van der Waals surface area (Å²) in [6.07, 6.45) is 0.